The molecule has 0 aliphatic carbocycles. The van der Waals surface area contributed by atoms with Gasteiger partial charge in [-0.2, -0.15) is 0 Å². The molecule has 1 atom stereocenters. The Morgan fingerprint density at radius 1 is 1.50 bits per heavy atom. The van der Waals surface area contributed by atoms with E-state index in [0.29, 0.717) is 4.90 Å². The molecule has 0 saturated carbocycles. The first-order valence-corrected chi connectivity index (χ1v) is 4.65. The summed E-state index contributed by atoms with van der Waals surface area (Å²) in [6.07, 6.45) is 0. The van der Waals surface area contributed by atoms with Crippen LogP contribution in [0.4, 0.5) is 4.79 Å². The maximum absolute atomic E-state index is 10.8. The zero-order valence-corrected chi connectivity index (χ0v) is 6.99. The van der Waals surface area contributed by atoms with Crippen molar-refractivity contribution in [2.24, 2.45) is 0 Å². The van der Waals surface area contributed by atoms with Gasteiger partial charge < -0.3 is 14.7 Å². The van der Waals surface area contributed by atoms with E-state index in [0.717, 1.165) is 7.05 Å². The molecular weight excluding hydrogens is 187 g/mol. The molecule has 0 aromatic carbocycles. The van der Waals surface area contributed by atoms with Crippen LogP contribution < -0.4 is 5.32 Å². The lowest BCUT2D eigenvalue weighted by atomic mass is 10.6. The van der Waals surface area contributed by atoms with Crippen LogP contribution in [0.5, 0.6) is 0 Å². The smallest absolute Gasteiger partial charge is 0.323 e. The molecule has 3 N–H and O–H groups in total. The number of carbonyl (C=O) groups excluding carboxylic acids is 2. The third kappa shape index (κ3) is 1.34. The first-order chi connectivity index (χ1) is 5.34. The third-order valence-electron chi connectivity index (χ3n) is 1.47. The molecule has 1 aliphatic heterocycles. The molecule has 0 spiro atoms. The fourth-order valence-corrected chi connectivity index (χ4v) is 1.85. The summed E-state index contributed by atoms with van der Waals surface area (Å²) < 4.78 is 10.6. The third-order valence-corrected chi connectivity index (χ3v) is 2.69. The summed E-state index contributed by atoms with van der Waals surface area (Å²) in [5, 5.41) is 1.78. The minimum absolute atomic E-state index is 0.684. The highest BCUT2D eigenvalue weighted by atomic mass is 31.2. The number of hydrogen-bond donors (Lipinski definition) is 3. The van der Waals surface area contributed by atoms with Crippen molar-refractivity contribution in [2.75, 3.05) is 7.05 Å². The molecule has 8 heteroatoms. The Morgan fingerprint density at radius 2 is 2.00 bits per heavy atom. The van der Waals surface area contributed by atoms with Crippen molar-refractivity contribution >= 4 is 19.5 Å². The highest BCUT2D eigenvalue weighted by Gasteiger charge is 2.47. The largest absolute Gasteiger partial charge is 0.357 e. The molecule has 0 aromatic rings. The van der Waals surface area contributed by atoms with Gasteiger partial charge in [-0.1, -0.05) is 0 Å². The van der Waals surface area contributed by atoms with Crippen molar-refractivity contribution in [3.05, 3.63) is 0 Å². The highest BCUT2D eigenvalue weighted by Crippen LogP contribution is 2.44. The van der Waals surface area contributed by atoms with Crippen molar-refractivity contribution < 1.29 is 23.9 Å². The van der Waals surface area contributed by atoms with Crippen LogP contribution in [-0.4, -0.2) is 39.5 Å². The van der Waals surface area contributed by atoms with Crippen molar-refractivity contribution in [3.8, 4) is 0 Å². The molecule has 7 nitrogen and oxygen atoms in total. The number of urea groups is 1. The summed E-state index contributed by atoms with van der Waals surface area (Å²) >= 11 is 0. The number of carbonyl (C=O) groups is 2. The molecule has 1 aliphatic rings. The Bertz CT molecular complexity index is 283. The van der Waals surface area contributed by atoms with Gasteiger partial charge in [0.15, 0.2) is 0 Å². The fraction of sp³-hybridized carbons (Fsp3) is 0.500. The second-order valence-electron chi connectivity index (χ2n) is 2.37. The van der Waals surface area contributed by atoms with Crippen molar-refractivity contribution in [1.29, 1.82) is 0 Å². The molecule has 1 unspecified atom stereocenters. The topological polar surface area (TPSA) is 107 Å². The van der Waals surface area contributed by atoms with Crippen LogP contribution in [-0.2, 0) is 9.36 Å². The standard InChI is InChI=1S/C4H7N2O5P/c1-6-3(12(9,10)11)2(7)5-4(6)8/h3H,1H3,(H,5,7,8)(H2,9,10,11). The van der Waals surface area contributed by atoms with E-state index in [1.54, 1.807) is 5.32 Å². The van der Waals surface area contributed by atoms with E-state index >= 15 is 0 Å². The zero-order valence-electron chi connectivity index (χ0n) is 6.09. The monoisotopic (exact) mass is 194 g/mol. The van der Waals surface area contributed by atoms with E-state index in [-0.39, 0.29) is 0 Å². The Kier molecular flexibility index (Phi) is 1.95. The minimum Gasteiger partial charge on any atom is -0.323 e. The van der Waals surface area contributed by atoms with Crippen LogP contribution in [0.25, 0.3) is 0 Å². The predicted octanol–water partition coefficient (Wildman–Crippen LogP) is -1.33. The maximum Gasteiger partial charge on any atom is 0.357 e. The van der Waals surface area contributed by atoms with Crippen LogP contribution in [0, 0.1) is 0 Å². The molecule has 1 heterocycles. The molecule has 0 aromatic heterocycles. The van der Waals surface area contributed by atoms with Gasteiger partial charge in [0.1, 0.15) is 0 Å². The van der Waals surface area contributed by atoms with Gasteiger partial charge in [0, 0.05) is 7.05 Å². The average molecular weight is 194 g/mol. The van der Waals surface area contributed by atoms with Crippen LogP contribution in [0.15, 0.2) is 0 Å². The quantitative estimate of drug-likeness (QED) is 0.354. The number of rotatable bonds is 1. The van der Waals surface area contributed by atoms with Crippen LogP contribution in [0.3, 0.4) is 0 Å². The lowest BCUT2D eigenvalue weighted by Crippen LogP contribution is -2.30. The minimum atomic E-state index is -4.57. The van der Waals surface area contributed by atoms with Crippen molar-refractivity contribution in [2.45, 2.75) is 5.78 Å². The Hall–Kier alpha value is -0.910. The summed E-state index contributed by atoms with van der Waals surface area (Å²) in [6, 6.07) is -0.798. The zero-order chi connectivity index (χ0) is 9.52. The number of nitrogens with one attached hydrogen (secondary N) is 1. The predicted molar refractivity (Wildman–Crippen MR) is 37.1 cm³/mol. The first kappa shape index (κ1) is 9.18. The number of hydrogen-bond acceptors (Lipinski definition) is 3. The molecular formula is C4H7N2O5P. The molecule has 3 amide bonds. The van der Waals surface area contributed by atoms with E-state index in [2.05, 4.69) is 0 Å². The molecule has 1 saturated heterocycles. The molecule has 1 rings (SSSR count). The van der Waals surface area contributed by atoms with E-state index in [1.165, 1.54) is 0 Å². The van der Waals surface area contributed by atoms with Gasteiger partial charge in [-0.3, -0.25) is 14.7 Å². The Labute approximate surface area is 67.5 Å². The number of likely N-dealkylation sites (N-methyl/N-ethyl adjacent to an activating group) is 1. The summed E-state index contributed by atoms with van der Waals surface area (Å²) in [6.45, 7) is 0. The SMILES string of the molecule is CN1C(=O)NC(=O)C1P(=O)(O)O. The number of nitrogens with zero attached hydrogens (tertiary/aromatic N) is 1. The maximum atomic E-state index is 10.8. The molecule has 68 valence electrons. The first-order valence-electron chi connectivity index (χ1n) is 2.97. The van der Waals surface area contributed by atoms with Crippen molar-refractivity contribution in [3.63, 3.8) is 0 Å². The lowest BCUT2D eigenvalue weighted by Gasteiger charge is -2.16. The second kappa shape index (κ2) is 2.55. The van der Waals surface area contributed by atoms with E-state index < -0.39 is 25.3 Å². The van der Waals surface area contributed by atoms with E-state index in [9.17, 15) is 14.2 Å². The van der Waals surface area contributed by atoms with Gasteiger partial charge in [-0.25, -0.2) is 4.79 Å². The van der Waals surface area contributed by atoms with Crippen LogP contribution in [0.1, 0.15) is 0 Å². The Balaban J connectivity index is 2.99. The fourth-order valence-electron chi connectivity index (χ4n) is 0.923. The van der Waals surface area contributed by atoms with Gasteiger partial charge in [0.25, 0.3) is 5.91 Å². The average Bonchev–Trinajstić information content (AvgIpc) is 2.05. The van der Waals surface area contributed by atoms with Gasteiger partial charge in [0.05, 0.1) is 0 Å². The normalized spacial score (nSPS) is 24.6. The highest BCUT2D eigenvalue weighted by molar-refractivity contribution is 7.53. The summed E-state index contributed by atoms with van der Waals surface area (Å²) in [7, 11) is -3.43. The summed E-state index contributed by atoms with van der Waals surface area (Å²) in [5.41, 5.74) is 0. The van der Waals surface area contributed by atoms with Gasteiger partial charge in [0.2, 0.25) is 5.78 Å². The summed E-state index contributed by atoms with van der Waals surface area (Å²) in [4.78, 5) is 39.4. The summed E-state index contributed by atoms with van der Waals surface area (Å²) in [5.74, 6) is -2.64. The van der Waals surface area contributed by atoms with E-state index in [4.69, 9.17) is 9.79 Å². The molecule has 0 bridgehead atoms. The van der Waals surface area contributed by atoms with E-state index in [1.807, 2.05) is 0 Å². The van der Waals surface area contributed by atoms with Gasteiger partial charge >= 0.3 is 13.6 Å². The van der Waals surface area contributed by atoms with Crippen LogP contribution in [0.2, 0.25) is 0 Å². The van der Waals surface area contributed by atoms with Gasteiger partial charge in [-0.05, 0) is 0 Å². The second-order valence-corrected chi connectivity index (χ2v) is 4.04. The van der Waals surface area contributed by atoms with Crippen LogP contribution >= 0.6 is 7.60 Å². The number of amides is 3. The molecule has 1 fully saturated rings. The molecule has 12 heavy (non-hydrogen) atoms. The number of imide groups is 1. The van der Waals surface area contributed by atoms with Gasteiger partial charge in [-0.15, -0.1) is 0 Å². The Morgan fingerprint density at radius 3 is 2.17 bits per heavy atom. The lowest BCUT2D eigenvalue weighted by molar-refractivity contribution is -0.119. The molecule has 0 radical (unpaired) electrons. The van der Waals surface area contributed by atoms with Crippen molar-refractivity contribution in [1.82, 2.24) is 10.2 Å².